The zero-order chi connectivity index (χ0) is 21.5. The Morgan fingerprint density at radius 2 is 1.90 bits per heavy atom. The van der Waals surface area contributed by atoms with Crippen LogP contribution in [0.2, 0.25) is 0 Å². The van der Waals surface area contributed by atoms with Crippen molar-refractivity contribution in [3.8, 4) is 6.07 Å². The van der Waals surface area contributed by atoms with Crippen molar-refractivity contribution in [1.82, 2.24) is 9.97 Å². The van der Waals surface area contributed by atoms with E-state index in [0.717, 1.165) is 17.3 Å². The van der Waals surface area contributed by atoms with Gasteiger partial charge < -0.3 is 9.72 Å². The summed E-state index contributed by atoms with van der Waals surface area (Å²) in [6.07, 6.45) is 0. The average Bonchev–Trinajstić information content (AvgIpc) is 3.16. The Kier molecular flexibility index (Phi) is 6.99. The molecule has 0 spiro atoms. The molecule has 0 fully saturated rings. The van der Waals surface area contributed by atoms with Crippen molar-refractivity contribution in [3.63, 3.8) is 0 Å². The van der Waals surface area contributed by atoms with E-state index in [1.807, 2.05) is 42.5 Å². The topological polar surface area (TPSA) is 108 Å². The van der Waals surface area contributed by atoms with Gasteiger partial charge in [0.25, 0.3) is 0 Å². The van der Waals surface area contributed by atoms with Crippen molar-refractivity contribution in [1.29, 1.82) is 5.26 Å². The molecule has 0 bridgehead atoms. The number of imidazole rings is 1. The number of nitriles is 1. The number of thioether (sulfide) groups is 1. The lowest BCUT2D eigenvalue weighted by molar-refractivity contribution is -0.144. The number of aliphatic imine (C=N–C) groups is 1. The third-order valence-corrected chi connectivity index (χ3v) is 5.49. The van der Waals surface area contributed by atoms with Crippen molar-refractivity contribution < 1.29 is 14.3 Å². The van der Waals surface area contributed by atoms with Crippen molar-refractivity contribution >= 4 is 45.3 Å². The molecule has 1 N–H and O–H groups in total. The van der Waals surface area contributed by atoms with Crippen LogP contribution in [0.4, 0.5) is 5.69 Å². The zero-order valence-electron chi connectivity index (χ0n) is 16.5. The number of para-hydroxylation sites is 3. The van der Waals surface area contributed by atoms with Crippen LogP contribution in [0.25, 0.3) is 11.0 Å². The van der Waals surface area contributed by atoms with Crippen LogP contribution < -0.4 is 0 Å². The highest BCUT2D eigenvalue weighted by Gasteiger charge is 2.32. The van der Waals surface area contributed by atoms with Crippen molar-refractivity contribution in [2.24, 2.45) is 4.99 Å². The Labute approximate surface area is 178 Å². The number of benzene rings is 2. The molecule has 0 amide bonds. The summed E-state index contributed by atoms with van der Waals surface area (Å²) in [5.41, 5.74) is 2.10. The van der Waals surface area contributed by atoms with Crippen LogP contribution in [-0.2, 0) is 14.3 Å². The highest BCUT2D eigenvalue weighted by molar-refractivity contribution is 8.15. The number of hydrogen-bond acceptors (Lipinski definition) is 7. The van der Waals surface area contributed by atoms with Gasteiger partial charge in [-0.1, -0.05) is 42.1 Å². The molecule has 0 aliphatic heterocycles. The predicted molar refractivity (Wildman–Crippen MR) is 117 cm³/mol. The van der Waals surface area contributed by atoms with Gasteiger partial charge in [0, 0.05) is 0 Å². The summed E-state index contributed by atoms with van der Waals surface area (Å²) in [6.45, 7) is 3.14. The quantitative estimate of drug-likeness (QED) is 0.266. The van der Waals surface area contributed by atoms with Crippen LogP contribution in [0.3, 0.4) is 0 Å². The van der Waals surface area contributed by atoms with E-state index in [1.54, 1.807) is 19.1 Å². The fraction of sp³-hybridized carbons (Fsp3) is 0.227. The SMILES string of the molecule is CCOC(=O)C(SC(=Nc1ccccc1)C(C#N)c1nc2ccccc2[nH]1)C(C)=O. The van der Waals surface area contributed by atoms with Gasteiger partial charge in [0.1, 0.15) is 10.9 Å². The zero-order valence-corrected chi connectivity index (χ0v) is 17.3. The van der Waals surface area contributed by atoms with Crippen LogP contribution in [0.1, 0.15) is 25.6 Å². The van der Waals surface area contributed by atoms with Crippen molar-refractivity contribution in [2.75, 3.05) is 6.61 Å². The van der Waals surface area contributed by atoms with Crippen LogP contribution in [0, 0.1) is 11.3 Å². The molecular weight excluding hydrogens is 400 g/mol. The molecule has 8 heteroatoms. The van der Waals surface area contributed by atoms with E-state index in [0.29, 0.717) is 17.0 Å². The predicted octanol–water partition coefficient (Wildman–Crippen LogP) is 4.15. The molecule has 2 unspecified atom stereocenters. The van der Waals surface area contributed by atoms with E-state index >= 15 is 0 Å². The summed E-state index contributed by atoms with van der Waals surface area (Å²) in [5, 5.41) is 9.11. The Bertz CT molecular complexity index is 1090. The van der Waals surface area contributed by atoms with Gasteiger partial charge >= 0.3 is 5.97 Å². The second kappa shape index (κ2) is 9.85. The maximum atomic E-state index is 12.3. The van der Waals surface area contributed by atoms with Crippen LogP contribution in [-0.4, -0.2) is 38.6 Å². The Morgan fingerprint density at radius 1 is 1.20 bits per heavy atom. The van der Waals surface area contributed by atoms with Gasteiger partial charge in [-0.3, -0.25) is 9.59 Å². The largest absolute Gasteiger partial charge is 0.465 e. The number of esters is 1. The molecule has 0 radical (unpaired) electrons. The maximum absolute atomic E-state index is 12.3. The van der Waals surface area contributed by atoms with E-state index in [-0.39, 0.29) is 17.4 Å². The summed E-state index contributed by atoms with van der Waals surface area (Å²) < 4.78 is 5.04. The van der Waals surface area contributed by atoms with Crippen molar-refractivity contribution in [3.05, 3.63) is 60.4 Å². The molecule has 1 heterocycles. The van der Waals surface area contributed by atoms with Gasteiger partial charge in [-0.05, 0) is 38.1 Å². The summed E-state index contributed by atoms with van der Waals surface area (Å²) in [7, 11) is 0. The molecule has 3 rings (SSSR count). The first-order chi connectivity index (χ1) is 14.5. The summed E-state index contributed by atoms with van der Waals surface area (Å²) in [4.78, 5) is 36.7. The van der Waals surface area contributed by atoms with Crippen molar-refractivity contribution in [2.45, 2.75) is 25.0 Å². The molecule has 2 atom stereocenters. The van der Waals surface area contributed by atoms with Gasteiger partial charge in [-0.25, -0.2) is 9.98 Å². The molecule has 7 nitrogen and oxygen atoms in total. The number of H-pyrrole nitrogens is 1. The average molecular weight is 420 g/mol. The highest BCUT2D eigenvalue weighted by atomic mass is 32.2. The van der Waals surface area contributed by atoms with Crippen LogP contribution in [0.15, 0.2) is 59.6 Å². The third kappa shape index (κ3) is 4.93. The summed E-state index contributed by atoms with van der Waals surface area (Å²) >= 11 is 0.922. The first-order valence-electron chi connectivity index (χ1n) is 9.35. The number of fused-ring (bicyclic) bond motifs is 1. The number of hydrogen-bond donors (Lipinski definition) is 1. The smallest absolute Gasteiger partial charge is 0.327 e. The molecule has 0 aliphatic rings. The van der Waals surface area contributed by atoms with Gasteiger partial charge in [-0.2, -0.15) is 5.26 Å². The number of nitrogens with zero attached hydrogens (tertiary/aromatic N) is 3. The molecule has 0 saturated carbocycles. The Balaban J connectivity index is 2.05. The second-order valence-corrected chi connectivity index (χ2v) is 7.47. The number of aromatic amines is 1. The number of carbonyl (C=O) groups is 2. The monoisotopic (exact) mass is 420 g/mol. The standard InChI is InChI=1S/C22H20N4O3S/c1-3-29-22(28)19(14(2)27)30-21(24-15-9-5-4-6-10-15)16(13-23)20-25-17-11-7-8-12-18(17)26-20/h4-12,16,19H,3H2,1-2H3,(H,25,26). The first-order valence-corrected chi connectivity index (χ1v) is 10.2. The number of Topliss-reactive ketones (excluding diaryl/α,β-unsaturated/α-hetero) is 1. The van der Waals surface area contributed by atoms with E-state index in [9.17, 15) is 14.9 Å². The van der Waals surface area contributed by atoms with Gasteiger partial charge in [0.15, 0.2) is 17.0 Å². The van der Waals surface area contributed by atoms with E-state index in [4.69, 9.17) is 4.74 Å². The van der Waals surface area contributed by atoms with Crippen LogP contribution in [0.5, 0.6) is 0 Å². The molecular formula is C22H20N4O3S. The molecule has 0 saturated heterocycles. The van der Waals surface area contributed by atoms with Crippen LogP contribution >= 0.6 is 11.8 Å². The minimum atomic E-state index is -1.12. The highest BCUT2D eigenvalue weighted by Crippen LogP contribution is 2.30. The Hall–Kier alpha value is -3.44. The van der Waals surface area contributed by atoms with Gasteiger partial charge in [-0.15, -0.1) is 0 Å². The lowest BCUT2D eigenvalue weighted by Crippen LogP contribution is -2.29. The fourth-order valence-corrected chi connectivity index (χ4v) is 3.80. The van der Waals surface area contributed by atoms with Gasteiger partial charge in [0.05, 0.1) is 29.4 Å². The van der Waals surface area contributed by atoms with E-state index in [1.165, 1.54) is 6.92 Å². The first kappa shape index (κ1) is 21.3. The lowest BCUT2D eigenvalue weighted by Gasteiger charge is -2.16. The minimum absolute atomic E-state index is 0.152. The summed E-state index contributed by atoms with van der Waals surface area (Å²) in [6, 6.07) is 18.7. The lowest BCUT2D eigenvalue weighted by atomic mass is 10.2. The number of aromatic nitrogens is 2. The Morgan fingerprint density at radius 3 is 2.53 bits per heavy atom. The maximum Gasteiger partial charge on any atom is 0.327 e. The fourth-order valence-electron chi connectivity index (χ4n) is 2.77. The van der Waals surface area contributed by atoms with E-state index in [2.05, 4.69) is 21.0 Å². The van der Waals surface area contributed by atoms with E-state index < -0.39 is 17.1 Å². The number of rotatable bonds is 7. The molecule has 2 aromatic carbocycles. The molecule has 3 aromatic rings. The number of nitrogens with one attached hydrogen (secondary N) is 1. The van der Waals surface area contributed by atoms with Gasteiger partial charge in [0.2, 0.25) is 0 Å². The number of carbonyl (C=O) groups excluding carboxylic acids is 2. The minimum Gasteiger partial charge on any atom is -0.465 e. The molecule has 0 aliphatic carbocycles. The summed E-state index contributed by atoms with van der Waals surface area (Å²) in [5.74, 6) is -1.52. The second-order valence-electron chi connectivity index (χ2n) is 6.35. The number of ketones is 1. The normalized spacial score (nSPS) is 13.4. The molecule has 30 heavy (non-hydrogen) atoms. The molecule has 152 valence electrons. The molecule has 1 aromatic heterocycles. The third-order valence-electron chi connectivity index (χ3n) is 4.16. The number of ether oxygens (including phenoxy) is 1.